The Morgan fingerprint density at radius 3 is 3.36 bits per heavy atom. The normalized spacial score (nSPS) is 13.9. The minimum absolute atomic E-state index is 0.294. The lowest BCUT2D eigenvalue weighted by Crippen LogP contribution is -2.06. The first-order valence-corrected chi connectivity index (χ1v) is 3.42. The second-order valence-electron chi connectivity index (χ2n) is 2.37. The summed E-state index contributed by atoms with van der Waals surface area (Å²) in [5, 5.41) is 3.03. The van der Waals surface area contributed by atoms with Gasteiger partial charge >= 0.3 is 0 Å². The summed E-state index contributed by atoms with van der Waals surface area (Å²) in [5.74, 6) is 0.464. The van der Waals surface area contributed by atoms with Crippen molar-refractivity contribution in [2.24, 2.45) is 0 Å². The molecule has 0 aliphatic carbocycles. The van der Waals surface area contributed by atoms with Crippen LogP contribution < -0.4 is 5.32 Å². The van der Waals surface area contributed by atoms with E-state index in [9.17, 15) is 4.39 Å². The Morgan fingerprint density at radius 1 is 1.55 bits per heavy atom. The van der Waals surface area contributed by atoms with Crippen molar-refractivity contribution in [2.75, 3.05) is 11.9 Å². The summed E-state index contributed by atoms with van der Waals surface area (Å²) >= 11 is 0. The van der Waals surface area contributed by atoms with Crippen LogP contribution >= 0.6 is 0 Å². The number of hydrogen-bond donors (Lipinski definition) is 1. The SMILES string of the molecule is Fc1cnc2c(c1)C=CCN2. The fourth-order valence-electron chi connectivity index (χ4n) is 1.07. The lowest BCUT2D eigenvalue weighted by Gasteiger charge is -2.10. The number of nitrogens with one attached hydrogen (secondary N) is 1. The molecule has 0 saturated carbocycles. The number of anilines is 1. The van der Waals surface area contributed by atoms with Gasteiger partial charge in [0.1, 0.15) is 11.6 Å². The van der Waals surface area contributed by atoms with E-state index in [2.05, 4.69) is 10.3 Å². The van der Waals surface area contributed by atoms with Gasteiger partial charge in [-0.25, -0.2) is 9.37 Å². The smallest absolute Gasteiger partial charge is 0.142 e. The van der Waals surface area contributed by atoms with E-state index in [-0.39, 0.29) is 5.82 Å². The third kappa shape index (κ3) is 1.09. The lowest BCUT2D eigenvalue weighted by molar-refractivity contribution is 0.621. The number of rotatable bonds is 0. The van der Waals surface area contributed by atoms with Gasteiger partial charge < -0.3 is 5.32 Å². The van der Waals surface area contributed by atoms with Gasteiger partial charge in [0.2, 0.25) is 0 Å². The summed E-state index contributed by atoms with van der Waals surface area (Å²) in [6.45, 7) is 0.769. The summed E-state index contributed by atoms with van der Waals surface area (Å²) < 4.78 is 12.6. The van der Waals surface area contributed by atoms with Gasteiger partial charge in [-0.2, -0.15) is 0 Å². The zero-order valence-corrected chi connectivity index (χ0v) is 5.84. The van der Waals surface area contributed by atoms with Crippen molar-refractivity contribution in [1.82, 2.24) is 4.98 Å². The van der Waals surface area contributed by atoms with E-state index in [1.165, 1.54) is 12.3 Å². The van der Waals surface area contributed by atoms with Gasteiger partial charge in [0.05, 0.1) is 6.20 Å². The molecule has 0 spiro atoms. The second-order valence-corrected chi connectivity index (χ2v) is 2.37. The minimum Gasteiger partial charge on any atom is -0.366 e. The van der Waals surface area contributed by atoms with Gasteiger partial charge in [-0.3, -0.25) is 0 Å². The fraction of sp³-hybridized carbons (Fsp3) is 0.125. The summed E-state index contributed by atoms with van der Waals surface area (Å²) in [6.07, 6.45) is 5.01. The maximum Gasteiger partial charge on any atom is 0.142 e. The summed E-state index contributed by atoms with van der Waals surface area (Å²) in [5.41, 5.74) is 0.816. The van der Waals surface area contributed by atoms with E-state index in [1.54, 1.807) is 0 Å². The molecule has 11 heavy (non-hydrogen) atoms. The molecule has 2 heterocycles. The van der Waals surface area contributed by atoms with Crippen LogP contribution in [0.2, 0.25) is 0 Å². The van der Waals surface area contributed by atoms with E-state index in [0.29, 0.717) is 0 Å². The Hall–Kier alpha value is -1.38. The van der Waals surface area contributed by atoms with Crippen molar-refractivity contribution in [3.63, 3.8) is 0 Å². The molecule has 0 amide bonds. The van der Waals surface area contributed by atoms with Gasteiger partial charge in [0, 0.05) is 12.1 Å². The molecule has 1 aromatic rings. The predicted octanol–water partition coefficient (Wildman–Crippen LogP) is 1.66. The number of hydrogen-bond acceptors (Lipinski definition) is 2. The van der Waals surface area contributed by atoms with E-state index in [4.69, 9.17) is 0 Å². The zero-order chi connectivity index (χ0) is 7.68. The molecule has 1 aromatic heterocycles. The highest BCUT2D eigenvalue weighted by atomic mass is 19.1. The highest BCUT2D eigenvalue weighted by Gasteiger charge is 2.04. The standard InChI is InChI=1S/C8H7FN2/c9-7-4-6-2-1-3-10-8(6)11-5-7/h1-2,4-5H,3H2,(H,10,11). The molecule has 1 aliphatic rings. The van der Waals surface area contributed by atoms with Gasteiger partial charge in [-0.05, 0) is 6.07 Å². The van der Waals surface area contributed by atoms with Gasteiger partial charge in [0.15, 0.2) is 0 Å². The average Bonchev–Trinajstić information content (AvgIpc) is 2.04. The summed E-state index contributed by atoms with van der Waals surface area (Å²) in [4.78, 5) is 3.88. The maximum atomic E-state index is 12.6. The minimum atomic E-state index is -0.294. The molecule has 2 rings (SSSR count). The van der Waals surface area contributed by atoms with E-state index in [1.807, 2.05) is 12.2 Å². The molecular formula is C8H7FN2. The topological polar surface area (TPSA) is 24.9 Å². The summed E-state index contributed by atoms with van der Waals surface area (Å²) in [7, 11) is 0. The largest absolute Gasteiger partial charge is 0.366 e. The Morgan fingerprint density at radius 2 is 2.45 bits per heavy atom. The molecule has 2 nitrogen and oxygen atoms in total. The number of pyridine rings is 1. The Kier molecular flexibility index (Phi) is 1.35. The Bertz CT molecular complexity index is 307. The lowest BCUT2D eigenvalue weighted by atomic mass is 10.2. The summed E-state index contributed by atoms with van der Waals surface area (Å²) in [6, 6.07) is 1.46. The first-order chi connectivity index (χ1) is 5.36. The third-order valence-corrected chi connectivity index (χ3v) is 1.57. The first-order valence-electron chi connectivity index (χ1n) is 3.42. The van der Waals surface area contributed by atoms with Crippen molar-refractivity contribution in [1.29, 1.82) is 0 Å². The Labute approximate surface area is 63.8 Å². The van der Waals surface area contributed by atoms with Crippen LogP contribution in [-0.2, 0) is 0 Å². The first kappa shape index (κ1) is 6.34. The highest BCUT2D eigenvalue weighted by molar-refractivity contribution is 5.66. The van der Waals surface area contributed by atoms with Gasteiger partial charge in [-0.1, -0.05) is 12.2 Å². The van der Waals surface area contributed by atoms with Crippen LogP contribution in [-0.4, -0.2) is 11.5 Å². The predicted molar refractivity (Wildman–Crippen MR) is 41.7 cm³/mol. The van der Waals surface area contributed by atoms with Gasteiger partial charge in [-0.15, -0.1) is 0 Å². The molecule has 0 saturated heterocycles. The quantitative estimate of drug-likeness (QED) is 0.608. The number of nitrogens with zero attached hydrogens (tertiary/aromatic N) is 1. The van der Waals surface area contributed by atoms with Crippen LogP contribution in [0, 0.1) is 5.82 Å². The van der Waals surface area contributed by atoms with E-state index >= 15 is 0 Å². The second kappa shape index (κ2) is 2.34. The van der Waals surface area contributed by atoms with Crippen LogP contribution in [0.25, 0.3) is 6.08 Å². The molecular weight excluding hydrogens is 143 g/mol. The van der Waals surface area contributed by atoms with Crippen LogP contribution in [0.4, 0.5) is 10.2 Å². The molecule has 56 valence electrons. The number of aromatic nitrogens is 1. The van der Waals surface area contributed by atoms with E-state index < -0.39 is 0 Å². The van der Waals surface area contributed by atoms with Crippen LogP contribution in [0.3, 0.4) is 0 Å². The van der Waals surface area contributed by atoms with Crippen molar-refractivity contribution in [2.45, 2.75) is 0 Å². The van der Waals surface area contributed by atoms with E-state index in [0.717, 1.165) is 17.9 Å². The Balaban J connectivity index is 2.54. The fourth-order valence-corrected chi connectivity index (χ4v) is 1.07. The molecule has 3 heteroatoms. The van der Waals surface area contributed by atoms with Crippen LogP contribution in [0.5, 0.6) is 0 Å². The molecule has 0 bridgehead atoms. The van der Waals surface area contributed by atoms with Crippen molar-refractivity contribution in [3.8, 4) is 0 Å². The molecule has 0 atom stereocenters. The van der Waals surface area contributed by atoms with Crippen LogP contribution in [0.15, 0.2) is 18.3 Å². The van der Waals surface area contributed by atoms with Crippen LogP contribution in [0.1, 0.15) is 5.56 Å². The molecule has 1 aliphatic heterocycles. The number of fused-ring (bicyclic) bond motifs is 1. The molecule has 0 radical (unpaired) electrons. The van der Waals surface area contributed by atoms with Crippen molar-refractivity contribution in [3.05, 3.63) is 29.7 Å². The molecule has 0 unspecified atom stereocenters. The molecule has 0 aromatic carbocycles. The third-order valence-electron chi connectivity index (χ3n) is 1.57. The van der Waals surface area contributed by atoms with Gasteiger partial charge in [0.25, 0.3) is 0 Å². The maximum absolute atomic E-state index is 12.6. The monoisotopic (exact) mass is 150 g/mol. The van der Waals surface area contributed by atoms with Crippen molar-refractivity contribution < 1.29 is 4.39 Å². The number of halogens is 1. The van der Waals surface area contributed by atoms with Crippen molar-refractivity contribution >= 4 is 11.9 Å². The molecule has 1 N–H and O–H groups in total. The average molecular weight is 150 g/mol. The molecule has 0 fully saturated rings. The highest BCUT2D eigenvalue weighted by Crippen LogP contribution is 2.17. The zero-order valence-electron chi connectivity index (χ0n) is 5.84.